The first kappa shape index (κ1) is 22.9. The molecule has 1 saturated heterocycles. The number of amidine groups is 1. The lowest BCUT2D eigenvalue weighted by Gasteiger charge is -2.13. The molecule has 0 radical (unpaired) electrons. The van der Waals surface area contributed by atoms with Gasteiger partial charge in [-0.05, 0) is 82.2 Å². The van der Waals surface area contributed by atoms with Gasteiger partial charge in [0.1, 0.15) is 5.75 Å². The van der Waals surface area contributed by atoms with Crippen LogP contribution in [-0.4, -0.2) is 29.1 Å². The monoisotopic (exact) mass is 528 g/mol. The predicted octanol–water partition coefficient (Wildman–Crippen LogP) is 7.67. The van der Waals surface area contributed by atoms with Gasteiger partial charge in [-0.2, -0.15) is 0 Å². The fraction of sp³-hybridized carbons (Fsp3) is 0.200. The zero-order valence-corrected chi connectivity index (χ0v) is 20.9. The molecule has 1 amide bonds. The smallest absolute Gasteiger partial charge is 0.266 e. The van der Waals surface area contributed by atoms with Crippen LogP contribution in [-0.2, 0) is 4.79 Å². The minimum Gasteiger partial charge on any atom is -0.493 e. The first-order chi connectivity index (χ1) is 15.5. The average molecular weight is 530 g/mol. The summed E-state index contributed by atoms with van der Waals surface area (Å²) in [6.07, 6.45) is 2.84. The molecule has 0 aliphatic carbocycles. The third-order valence-electron chi connectivity index (χ3n) is 5.00. The molecule has 0 unspecified atom stereocenters. The van der Waals surface area contributed by atoms with Crippen molar-refractivity contribution in [2.75, 3.05) is 13.2 Å². The van der Waals surface area contributed by atoms with Crippen LogP contribution in [0.4, 0.5) is 5.69 Å². The Labute approximate surface area is 205 Å². The molecule has 0 aromatic heterocycles. The summed E-state index contributed by atoms with van der Waals surface area (Å²) in [6.45, 7) is 5.17. The van der Waals surface area contributed by atoms with Crippen LogP contribution in [0.5, 0.6) is 5.75 Å². The van der Waals surface area contributed by atoms with Gasteiger partial charge in [0.25, 0.3) is 5.91 Å². The molecule has 164 valence electrons. The Morgan fingerprint density at radius 2 is 1.97 bits per heavy atom. The summed E-state index contributed by atoms with van der Waals surface area (Å²) in [6, 6.07) is 17.6. The first-order valence-corrected chi connectivity index (χ1v) is 12.4. The van der Waals surface area contributed by atoms with Gasteiger partial charge in [0.05, 0.1) is 22.2 Å². The second kappa shape index (κ2) is 10.1. The maximum Gasteiger partial charge on any atom is 0.266 e. The van der Waals surface area contributed by atoms with Crippen LogP contribution >= 0.6 is 39.3 Å². The number of likely N-dealkylation sites (N-methyl/N-ethyl adjacent to an activating group) is 1. The molecule has 4 nitrogen and oxygen atoms in total. The summed E-state index contributed by atoms with van der Waals surface area (Å²) < 4.78 is 6.82. The lowest BCUT2D eigenvalue weighted by Crippen LogP contribution is -2.28. The number of hydrogen-bond acceptors (Lipinski definition) is 4. The molecule has 0 saturated carbocycles. The molecule has 32 heavy (non-hydrogen) atoms. The zero-order chi connectivity index (χ0) is 22.7. The Hall–Kier alpha value is -2.28. The molecule has 0 spiro atoms. The molecule has 1 aliphatic rings. The first-order valence-electron chi connectivity index (χ1n) is 10.4. The minimum absolute atomic E-state index is 0.0613. The average Bonchev–Trinajstić information content (AvgIpc) is 3.09. The SMILES string of the molecule is CCCOc1ccc2ccccc2c1/C=C1/SC(=Nc2ccc(Br)c(Cl)c2)N(CC)C1=O. The van der Waals surface area contributed by atoms with Crippen molar-refractivity contribution >= 4 is 72.9 Å². The van der Waals surface area contributed by atoms with E-state index in [0.29, 0.717) is 33.9 Å². The molecule has 0 bridgehead atoms. The number of carbonyl (C=O) groups excluding carboxylic acids is 1. The summed E-state index contributed by atoms with van der Waals surface area (Å²) in [7, 11) is 0. The Bertz CT molecular complexity index is 1240. The van der Waals surface area contributed by atoms with Crippen LogP contribution in [0.2, 0.25) is 5.02 Å². The molecule has 1 aliphatic heterocycles. The standard InChI is InChI=1S/C25H22BrClN2O2S/c1-3-13-31-22-12-9-16-7-5-6-8-18(16)19(22)15-23-24(30)29(4-2)25(32-23)28-17-10-11-20(26)21(27)14-17/h5-12,14-15H,3-4,13H2,1-2H3/b23-15+,28-25?. The second-order valence-corrected chi connectivity index (χ2v) is 9.47. The predicted molar refractivity (Wildman–Crippen MR) is 139 cm³/mol. The molecular formula is C25H22BrClN2O2S. The van der Waals surface area contributed by atoms with E-state index in [-0.39, 0.29) is 5.91 Å². The molecule has 4 rings (SSSR count). The van der Waals surface area contributed by atoms with Crippen molar-refractivity contribution in [1.82, 2.24) is 4.90 Å². The second-order valence-electron chi connectivity index (χ2n) is 7.20. The Morgan fingerprint density at radius 3 is 2.72 bits per heavy atom. The van der Waals surface area contributed by atoms with Gasteiger partial charge in [0.2, 0.25) is 0 Å². The maximum atomic E-state index is 13.2. The number of nitrogens with zero attached hydrogens (tertiary/aromatic N) is 2. The van der Waals surface area contributed by atoms with E-state index in [9.17, 15) is 4.79 Å². The summed E-state index contributed by atoms with van der Waals surface area (Å²) in [5.74, 6) is 0.716. The topological polar surface area (TPSA) is 41.9 Å². The number of fused-ring (bicyclic) bond motifs is 1. The van der Waals surface area contributed by atoms with E-state index in [4.69, 9.17) is 21.3 Å². The number of carbonyl (C=O) groups is 1. The van der Waals surface area contributed by atoms with E-state index in [1.54, 1.807) is 11.0 Å². The highest BCUT2D eigenvalue weighted by molar-refractivity contribution is 9.10. The normalized spacial score (nSPS) is 16.5. The highest BCUT2D eigenvalue weighted by Gasteiger charge is 2.32. The van der Waals surface area contributed by atoms with Gasteiger partial charge < -0.3 is 4.74 Å². The van der Waals surface area contributed by atoms with E-state index < -0.39 is 0 Å². The van der Waals surface area contributed by atoms with Crippen LogP contribution in [0.1, 0.15) is 25.8 Å². The number of halogens is 2. The van der Waals surface area contributed by atoms with E-state index in [2.05, 4.69) is 41.1 Å². The van der Waals surface area contributed by atoms with Gasteiger partial charge >= 0.3 is 0 Å². The molecule has 1 fully saturated rings. The maximum absolute atomic E-state index is 13.2. The highest BCUT2D eigenvalue weighted by Crippen LogP contribution is 2.38. The number of amides is 1. The molecule has 3 aromatic rings. The molecule has 1 heterocycles. The number of rotatable bonds is 6. The van der Waals surface area contributed by atoms with Crippen molar-refractivity contribution in [2.24, 2.45) is 4.99 Å². The van der Waals surface area contributed by atoms with Gasteiger partial charge in [-0.15, -0.1) is 0 Å². The summed E-state index contributed by atoms with van der Waals surface area (Å²) in [4.78, 5) is 20.2. The summed E-state index contributed by atoms with van der Waals surface area (Å²) >= 11 is 11.0. The van der Waals surface area contributed by atoms with Crippen molar-refractivity contribution < 1.29 is 9.53 Å². The molecule has 3 aromatic carbocycles. The van der Waals surface area contributed by atoms with Gasteiger partial charge in [0.15, 0.2) is 5.17 Å². The number of aliphatic imine (C=N–C) groups is 1. The van der Waals surface area contributed by atoms with Crippen molar-refractivity contribution in [1.29, 1.82) is 0 Å². The van der Waals surface area contributed by atoms with Gasteiger partial charge in [-0.3, -0.25) is 9.69 Å². The number of ether oxygens (including phenoxy) is 1. The highest BCUT2D eigenvalue weighted by atomic mass is 79.9. The van der Waals surface area contributed by atoms with Gasteiger partial charge in [-0.1, -0.05) is 48.9 Å². The number of thioether (sulfide) groups is 1. The summed E-state index contributed by atoms with van der Waals surface area (Å²) in [5.41, 5.74) is 1.61. The van der Waals surface area contributed by atoms with Gasteiger partial charge in [-0.25, -0.2) is 4.99 Å². The van der Waals surface area contributed by atoms with Crippen LogP contribution < -0.4 is 4.74 Å². The molecule has 7 heteroatoms. The largest absolute Gasteiger partial charge is 0.493 e. The van der Waals surface area contributed by atoms with Crippen molar-refractivity contribution in [3.8, 4) is 5.75 Å². The van der Waals surface area contributed by atoms with Crippen LogP contribution in [0, 0.1) is 0 Å². The fourth-order valence-corrected chi connectivity index (χ4v) is 4.89. The lowest BCUT2D eigenvalue weighted by atomic mass is 10.0. The van der Waals surface area contributed by atoms with Crippen molar-refractivity contribution in [3.05, 3.63) is 74.6 Å². The van der Waals surface area contributed by atoms with E-state index in [1.165, 1.54) is 11.8 Å². The van der Waals surface area contributed by atoms with Crippen LogP contribution in [0.15, 0.2) is 69.0 Å². The third kappa shape index (κ3) is 4.72. The van der Waals surface area contributed by atoms with Crippen LogP contribution in [0.25, 0.3) is 16.8 Å². The zero-order valence-electron chi connectivity index (χ0n) is 17.8. The quantitative estimate of drug-likeness (QED) is 0.308. The van der Waals surface area contributed by atoms with Crippen molar-refractivity contribution in [2.45, 2.75) is 20.3 Å². The molecule has 0 atom stereocenters. The number of benzene rings is 3. The Morgan fingerprint density at radius 1 is 1.16 bits per heavy atom. The molecular weight excluding hydrogens is 508 g/mol. The van der Waals surface area contributed by atoms with E-state index >= 15 is 0 Å². The van der Waals surface area contributed by atoms with Gasteiger partial charge in [0, 0.05) is 16.6 Å². The fourth-order valence-electron chi connectivity index (χ4n) is 3.43. The van der Waals surface area contributed by atoms with E-state index in [1.807, 2.05) is 43.3 Å². The Balaban J connectivity index is 1.77. The minimum atomic E-state index is -0.0613. The third-order valence-corrected chi connectivity index (χ3v) is 7.24. The molecule has 0 N–H and O–H groups in total. The summed E-state index contributed by atoms with van der Waals surface area (Å²) in [5, 5.41) is 3.37. The lowest BCUT2D eigenvalue weighted by molar-refractivity contribution is -0.122. The van der Waals surface area contributed by atoms with Crippen LogP contribution in [0.3, 0.4) is 0 Å². The van der Waals surface area contributed by atoms with Crippen molar-refractivity contribution in [3.63, 3.8) is 0 Å². The van der Waals surface area contributed by atoms with E-state index in [0.717, 1.165) is 33.0 Å². The Kier molecular flexibility index (Phi) is 7.23. The number of hydrogen-bond donors (Lipinski definition) is 0.